The lowest BCUT2D eigenvalue weighted by Crippen LogP contribution is -2.59. The number of β-amino-alcohol motifs (C(OH)–C–C–N with tert-alkyl or cyclic N) is 1. The minimum atomic E-state index is -1.11. The fraction of sp³-hybridized carbons (Fsp3) is 0.333. The Morgan fingerprint density at radius 2 is 1.81 bits per heavy atom. The van der Waals surface area contributed by atoms with E-state index in [9.17, 15) is 19.8 Å². The molecule has 0 spiro atoms. The molecule has 2 aliphatic rings. The third-order valence-electron chi connectivity index (χ3n) is 9.18. The van der Waals surface area contributed by atoms with Crippen LogP contribution in [0.15, 0.2) is 54.9 Å². The van der Waals surface area contributed by atoms with Gasteiger partial charge >= 0.3 is 6.09 Å². The second-order valence-electron chi connectivity index (χ2n) is 13.3. The molecule has 2 amide bonds. The zero-order chi connectivity index (χ0) is 36.7. The monoisotopic (exact) mass is 746 g/mol. The van der Waals surface area contributed by atoms with E-state index in [4.69, 9.17) is 37.7 Å². The molecule has 0 aliphatic carbocycles. The van der Waals surface area contributed by atoms with Crippen molar-refractivity contribution in [3.63, 3.8) is 0 Å². The van der Waals surface area contributed by atoms with Crippen molar-refractivity contribution in [2.75, 3.05) is 33.9 Å². The second kappa shape index (κ2) is 14.2. The van der Waals surface area contributed by atoms with Gasteiger partial charge in [-0.25, -0.2) is 14.3 Å². The summed E-state index contributed by atoms with van der Waals surface area (Å²) in [6.07, 6.45) is 3.32. The lowest BCUT2D eigenvalue weighted by Gasteiger charge is -2.43. The number of aromatic nitrogens is 5. The normalized spacial score (nSPS) is 16.8. The summed E-state index contributed by atoms with van der Waals surface area (Å²) in [5.74, 6) is 1.12. The summed E-state index contributed by atoms with van der Waals surface area (Å²) in [4.78, 5) is 40.9. The van der Waals surface area contributed by atoms with E-state index in [1.54, 1.807) is 42.9 Å². The predicted octanol–water partition coefficient (Wildman–Crippen LogP) is 5.17. The molecule has 6 heterocycles. The molecule has 4 aromatic heterocycles. The molecule has 0 unspecified atom stereocenters. The number of carboxylic acid groups (broad SMARTS) is 1. The van der Waals surface area contributed by atoms with Gasteiger partial charge in [0.05, 0.1) is 54.3 Å². The first-order chi connectivity index (χ1) is 24.9. The van der Waals surface area contributed by atoms with Gasteiger partial charge in [-0.15, -0.1) is 0 Å². The average Bonchev–Trinajstić information content (AvgIpc) is 3.73. The van der Waals surface area contributed by atoms with Crippen molar-refractivity contribution in [1.29, 1.82) is 0 Å². The molecule has 3 N–H and O–H groups in total. The van der Waals surface area contributed by atoms with Crippen LogP contribution in [-0.2, 0) is 17.9 Å². The highest BCUT2D eigenvalue weighted by molar-refractivity contribution is 6.39. The number of pyridine rings is 2. The second-order valence-corrected chi connectivity index (χ2v) is 14.0. The molecule has 52 heavy (non-hydrogen) atoms. The molecule has 2 fully saturated rings. The van der Waals surface area contributed by atoms with Gasteiger partial charge in [0.1, 0.15) is 5.52 Å². The number of aliphatic hydroxyl groups is 1. The van der Waals surface area contributed by atoms with E-state index < -0.39 is 11.7 Å². The van der Waals surface area contributed by atoms with Crippen LogP contribution < -0.4 is 14.8 Å². The van der Waals surface area contributed by atoms with Crippen LogP contribution in [0.3, 0.4) is 0 Å². The third-order valence-corrected chi connectivity index (χ3v) is 9.97. The number of nitrogens with one attached hydrogen (secondary N) is 1. The molecule has 270 valence electrons. The van der Waals surface area contributed by atoms with Crippen LogP contribution in [0, 0.1) is 0 Å². The smallest absolute Gasteiger partial charge is 0.407 e. The fourth-order valence-corrected chi connectivity index (χ4v) is 7.44. The maximum Gasteiger partial charge on any atom is 0.407 e. The van der Waals surface area contributed by atoms with Crippen LogP contribution >= 0.6 is 23.2 Å². The van der Waals surface area contributed by atoms with Crippen molar-refractivity contribution in [2.24, 2.45) is 0 Å². The number of rotatable bonds is 11. The van der Waals surface area contributed by atoms with Crippen molar-refractivity contribution in [2.45, 2.75) is 44.5 Å². The Kier molecular flexibility index (Phi) is 9.65. The predicted molar refractivity (Wildman–Crippen MR) is 194 cm³/mol. The molecule has 16 heteroatoms. The van der Waals surface area contributed by atoms with Crippen LogP contribution in [-0.4, -0.2) is 102 Å². The molecule has 14 nitrogen and oxygen atoms in total. The minimum absolute atomic E-state index is 0.0246. The van der Waals surface area contributed by atoms with E-state index in [-0.39, 0.29) is 30.9 Å². The largest absolute Gasteiger partial charge is 0.481 e. The summed E-state index contributed by atoms with van der Waals surface area (Å²) in [6.45, 7) is 3.51. The van der Waals surface area contributed by atoms with Gasteiger partial charge in [-0.05, 0) is 37.6 Å². The van der Waals surface area contributed by atoms with Gasteiger partial charge in [-0.2, -0.15) is 10.1 Å². The number of fused-ring (bicyclic) bond motifs is 1. The van der Waals surface area contributed by atoms with Crippen LogP contribution in [0.4, 0.5) is 4.79 Å². The third kappa shape index (κ3) is 7.06. The van der Waals surface area contributed by atoms with E-state index in [0.29, 0.717) is 98.9 Å². The van der Waals surface area contributed by atoms with Crippen molar-refractivity contribution in [3.05, 3.63) is 76.3 Å². The van der Waals surface area contributed by atoms with E-state index in [0.717, 1.165) is 0 Å². The standard InChI is InChI=1S/C36H36Cl2N8O6/c1-36(50)18-44(19-36)17-28-42-34(52-3)27-13-21(15-46(27)43-28)32-31(38)24(11-12-39-32)23-5-4-6-25(30(23)37)26-9-7-20(33(41-26)51-2)14-45(35(48)49)16-22-8-10-29(47)40-22/h4-7,9,11-13,15,22,50H,8,10,14,16-19H2,1-3H3,(H,40,47)(H,48,49)/t22-/m0/s1. The van der Waals surface area contributed by atoms with Gasteiger partial charge in [-0.1, -0.05) is 41.4 Å². The Balaban J connectivity index is 1.17. The molecule has 0 saturated carbocycles. The molecular formula is C36H36Cl2N8O6. The molecule has 2 saturated heterocycles. The Labute approximate surface area is 308 Å². The minimum Gasteiger partial charge on any atom is -0.481 e. The van der Waals surface area contributed by atoms with Crippen molar-refractivity contribution in [1.82, 2.24) is 39.7 Å². The number of methoxy groups -OCH3 is 2. The van der Waals surface area contributed by atoms with Crippen molar-refractivity contribution in [3.8, 4) is 45.4 Å². The van der Waals surface area contributed by atoms with Gasteiger partial charge in [-0.3, -0.25) is 14.7 Å². The topological polar surface area (TPSA) is 168 Å². The van der Waals surface area contributed by atoms with Gasteiger partial charge in [0, 0.05) is 72.3 Å². The Morgan fingerprint density at radius 1 is 1.06 bits per heavy atom. The number of ether oxygens (including phenoxy) is 2. The number of carbonyl (C=O) groups is 2. The van der Waals surface area contributed by atoms with Crippen LogP contribution in [0.1, 0.15) is 31.2 Å². The highest BCUT2D eigenvalue weighted by atomic mass is 35.5. The Bertz CT molecular complexity index is 2190. The number of carbonyl (C=O) groups excluding carboxylic acids is 1. The van der Waals surface area contributed by atoms with Gasteiger partial charge in [0.2, 0.25) is 17.7 Å². The number of hydrogen-bond acceptors (Lipinski definition) is 10. The fourth-order valence-electron chi connectivity index (χ4n) is 6.79. The highest BCUT2D eigenvalue weighted by Crippen LogP contribution is 2.42. The number of nitrogens with zero attached hydrogens (tertiary/aromatic N) is 7. The molecule has 7 rings (SSSR count). The van der Waals surface area contributed by atoms with Crippen LogP contribution in [0.5, 0.6) is 11.8 Å². The quantitative estimate of drug-likeness (QED) is 0.163. The summed E-state index contributed by atoms with van der Waals surface area (Å²) in [7, 11) is 3.02. The highest BCUT2D eigenvalue weighted by Gasteiger charge is 2.37. The van der Waals surface area contributed by atoms with E-state index in [1.807, 2.05) is 30.5 Å². The number of likely N-dealkylation sites (tertiary alicyclic amines) is 1. The van der Waals surface area contributed by atoms with Crippen LogP contribution in [0.25, 0.3) is 39.2 Å². The molecular weight excluding hydrogens is 711 g/mol. The molecule has 0 bridgehead atoms. The van der Waals surface area contributed by atoms with Gasteiger partial charge in [0.15, 0.2) is 5.82 Å². The molecule has 0 radical (unpaired) electrons. The summed E-state index contributed by atoms with van der Waals surface area (Å²) >= 11 is 14.1. The van der Waals surface area contributed by atoms with Crippen molar-refractivity contribution < 1.29 is 29.3 Å². The van der Waals surface area contributed by atoms with E-state index in [1.165, 1.54) is 12.0 Å². The van der Waals surface area contributed by atoms with Crippen LogP contribution in [0.2, 0.25) is 10.0 Å². The Hall–Kier alpha value is -5.02. The summed E-state index contributed by atoms with van der Waals surface area (Å²) in [5, 5.41) is 28.3. The molecule has 2 aliphatic heterocycles. The van der Waals surface area contributed by atoms with E-state index in [2.05, 4.69) is 25.3 Å². The van der Waals surface area contributed by atoms with E-state index >= 15 is 0 Å². The maximum absolute atomic E-state index is 12.1. The lowest BCUT2D eigenvalue weighted by atomic mass is 9.97. The average molecular weight is 748 g/mol. The number of hydrogen-bond donors (Lipinski definition) is 3. The lowest BCUT2D eigenvalue weighted by molar-refractivity contribution is -0.119. The zero-order valence-corrected chi connectivity index (χ0v) is 30.1. The summed E-state index contributed by atoms with van der Waals surface area (Å²) < 4.78 is 12.9. The SMILES string of the molecule is COc1nc(-c2cccc(-c3ccnc(-c4cc5c(OC)nc(CN6CC(C)(O)C6)nn5c4)c3Cl)c2Cl)ccc1CN(C[C@@H]1CCC(=O)N1)C(=O)O. The molecule has 1 atom stereocenters. The number of halogens is 2. The van der Waals surface area contributed by atoms with Crippen molar-refractivity contribution >= 4 is 40.7 Å². The van der Waals surface area contributed by atoms with Gasteiger partial charge in [0.25, 0.3) is 0 Å². The molecule has 5 aromatic rings. The zero-order valence-electron chi connectivity index (χ0n) is 28.6. The molecule has 1 aromatic carbocycles. The first-order valence-corrected chi connectivity index (χ1v) is 17.3. The summed E-state index contributed by atoms with van der Waals surface area (Å²) in [6, 6.07) is 12.5. The first-order valence-electron chi connectivity index (χ1n) is 16.6. The number of benzene rings is 1. The van der Waals surface area contributed by atoms with Gasteiger partial charge < -0.3 is 29.9 Å². The number of amides is 2. The summed E-state index contributed by atoms with van der Waals surface area (Å²) in [5.41, 5.74) is 4.15. The Morgan fingerprint density at radius 3 is 2.50 bits per heavy atom. The first kappa shape index (κ1) is 35.4. The maximum atomic E-state index is 12.1.